The number of primary amides is 1. The van der Waals surface area contributed by atoms with Gasteiger partial charge in [-0.25, -0.2) is 4.79 Å². The Morgan fingerprint density at radius 2 is 1.67 bits per heavy atom. The first-order chi connectivity index (χ1) is 25.1. The largest absolute Gasteiger partial charge is 0.503 e. The van der Waals surface area contributed by atoms with Crippen molar-refractivity contribution in [1.82, 2.24) is 15.0 Å². The molecule has 0 radical (unpaired) electrons. The normalized spacial score (nSPS) is 17.8. The number of aliphatic hydroxyl groups excluding tert-OH is 1. The lowest BCUT2D eigenvalue weighted by Crippen LogP contribution is -2.34. The van der Waals surface area contributed by atoms with Crippen LogP contribution in [0.4, 0.5) is 21.9 Å². The number of nitrogens with one attached hydrogen (secondary N) is 3. The summed E-state index contributed by atoms with van der Waals surface area (Å²) in [5, 5.41) is 24.8. The van der Waals surface area contributed by atoms with Gasteiger partial charge < -0.3 is 50.2 Å². The molecule has 2 atom stereocenters. The molecule has 14 nitrogen and oxygen atoms in total. The summed E-state index contributed by atoms with van der Waals surface area (Å²) in [5.41, 5.74) is 12.7. The van der Waals surface area contributed by atoms with Crippen LogP contribution in [0.5, 0.6) is 17.2 Å². The number of hydrogen-bond acceptors (Lipinski definition) is 7. The van der Waals surface area contributed by atoms with E-state index in [0.29, 0.717) is 68.9 Å². The number of alkyl halides is 1. The zero-order valence-electron chi connectivity index (χ0n) is 28.4. The van der Waals surface area contributed by atoms with Gasteiger partial charge in [0.1, 0.15) is 17.1 Å². The van der Waals surface area contributed by atoms with E-state index in [1.165, 1.54) is 24.0 Å². The van der Waals surface area contributed by atoms with Crippen LogP contribution in [0.15, 0.2) is 36.5 Å². The molecule has 7 N–H and O–H groups in total. The number of rotatable bonds is 5. The van der Waals surface area contributed by atoms with Crippen molar-refractivity contribution < 1.29 is 34.1 Å². The molecule has 1 unspecified atom stereocenters. The maximum Gasteiger partial charge on any atom is 0.319 e. The number of β-amino-alcohol motifs (C(OH)–C–C–N with tert-alkyl or cyclic N) is 1. The average Bonchev–Trinajstić information content (AvgIpc) is 3.98. The second-order valence-corrected chi connectivity index (χ2v) is 13.8. The van der Waals surface area contributed by atoms with Crippen molar-refractivity contribution in [3.63, 3.8) is 0 Å². The van der Waals surface area contributed by atoms with Gasteiger partial charge in [0.2, 0.25) is 0 Å². The van der Waals surface area contributed by atoms with Crippen LogP contribution in [0, 0.1) is 6.92 Å². The molecule has 9 rings (SSSR count). The number of nitrogens with two attached hydrogens (primary N) is 1. The van der Waals surface area contributed by atoms with Crippen molar-refractivity contribution in [1.29, 1.82) is 0 Å². The summed E-state index contributed by atoms with van der Waals surface area (Å²) in [6, 6.07) is 8.15. The second kappa shape index (κ2) is 11.3. The molecule has 3 aromatic heterocycles. The van der Waals surface area contributed by atoms with Gasteiger partial charge in [-0.2, -0.15) is 0 Å². The molecular formula is C37H34ClN7O7. The summed E-state index contributed by atoms with van der Waals surface area (Å²) in [5.74, 6) is -0.181. The molecule has 3 aliphatic heterocycles. The number of H-pyrrole nitrogens is 3. The highest BCUT2D eigenvalue weighted by atomic mass is 35.5. The number of hydrogen-bond donors (Lipinski definition) is 6. The van der Waals surface area contributed by atoms with Crippen LogP contribution in [-0.4, -0.2) is 82.7 Å². The molecular weight excluding hydrogens is 690 g/mol. The first-order valence-corrected chi connectivity index (χ1v) is 17.3. The number of benzene rings is 3. The molecule has 0 aliphatic carbocycles. The number of carbonyl (C=O) groups is 3. The van der Waals surface area contributed by atoms with E-state index in [2.05, 4.69) is 15.0 Å². The van der Waals surface area contributed by atoms with Gasteiger partial charge in [0.25, 0.3) is 11.8 Å². The van der Waals surface area contributed by atoms with E-state index >= 15 is 0 Å². The van der Waals surface area contributed by atoms with Gasteiger partial charge in [0.05, 0.1) is 49.3 Å². The Morgan fingerprint density at radius 1 is 0.942 bits per heavy atom. The number of carbonyl (C=O) groups excluding carboxylic acids is 3. The van der Waals surface area contributed by atoms with Gasteiger partial charge in [-0.1, -0.05) is 0 Å². The maximum absolute atomic E-state index is 14.3. The quantitative estimate of drug-likeness (QED) is 0.130. The van der Waals surface area contributed by atoms with Gasteiger partial charge in [-0.05, 0) is 54.3 Å². The Hall–Kier alpha value is -5.86. The number of nitrogens with zero attached hydrogens (tertiary/aromatic N) is 3. The summed E-state index contributed by atoms with van der Waals surface area (Å²) >= 11 is 6.46. The molecule has 0 spiro atoms. The lowest BCUT2D eigenvalue weighted by molar-refractivity contribution is 0.0977. The number of phenolic OH excluding ortho intramolecular Hbond substituents is 1. The van der Waals surface area contributed by atoms with E-state index in [1.54, 1.807) is 23.1 Å². The van der Waals surface area contributed by atoms with Crippen molar-refractivity contribution in [3.05, 3.63) is 70.2 Å². The van der Waals surface area contributed by atoms with Crippen molar-refractivity contribution in [2.75, 3.05) is 54.4 Å². The number of aromatic nitrogens is 3. The van der Waals surface area contributed by atoms with Crippen molar-refractivity contribution in [2.24, 2.45) is 5.73 Å². The van der Waals surface area contributed by atoms with E-state index in [-0.39, 0.29) is 47.8 Å². The van der Waals surface area contributed by atoms with Crippen molar-refractivity contribution >= 4 is 79.2 Å². The van der Waals surface area contributed by atoms with Gasteiger partial charge in [0, 0.05) is 70.1 Å². The van der Waals surface area contributed by atoms with Crippen LogP contribution in [0.2, 0.25) is 0 Å². The number of amides is 4. The van der Waals surface area contributed by atoms with Crippen LogP contribution < -0.4 is 29.9 Å². The minimum atomic E-state index is -1.03. The molecule has 4 amide bonds. The van der Waals surface area contributed by atoms with Gasteiger partial charge >= 0.3 is 6.03 Å². The molecule has 0 saturated heterocycles. The van der Waals surface area contributed by atoms with E-state index in [0.717, 1.165) is 27.7 Å². The monoisotopic (exact) mass is 723 g/mol. The van der Waals surface area contributed by atoms with E-state index in [1.807, 2.05) is 25.3 Å². The molecule has 15 heteroatoms. The Morgan fingerprint density at radius 3 is 2.38 bits per heavy atom. The molecule has 3 aliphatic rings. The molecule has 6 aromatic rings. The lowest BCUT2D eigenvalue weighted by atomic mass is 9.97. The van der Waals surface area contributed by atoms with Crippen LogP contribution >= 0.6 is 11.6 Å². The Balaban J connectivity index is 1.11. The van der Waals surface area contributed by atoms with Gasteiger partial charge in [-0.15, -0.1) is 11.6 Å². The number of anilines is 3. The van der Waals surface area contributed by atoms with Crippen molar-refractivity contribution in [2.45, 2.75) is 25.4 Å². The number of ether oxygens (including phenoxy) is 2. The number of methoxy groups -OCH3 is 2. The number of aliphatic hydroxyl groups is 1. The third-order valence-corrected chi connectivity index (χ3v) is 11.2. The van der Waals surface area contributed by atoms with Gasteiger partial charge in [-0.3, -0.25) is 14.5 Å². The maximum atomic E-state index is 14.3. The first-order valence-electron chi connectivity index (χ1n) is 16.8. The molecule has 266 valence electrons. The zero-order chi connectivity index (χ0) is 36.3. The molecule has 0 bridgehead atoms. The third-order valence-electron chi connectivity index (χ3n) is 10.8. The SMILES string of the molecule is COc1cc2c(c3cc(C(=O)N4CCc5c4c(O)c(OC)c4[nH]c(C(=O)N6CC(CCl)c7c6ccc6[nH]cc(C)c76)cc54)[nH]c13)[C@H](O)CN2C(N)=O. The molecule has 52 heavy (non-hydrogen) atoms. The highest BCUT2D eigenvalue weighted by molar-refractivity contribution is 6.20. The summed E-state index contributed by atoms with van der Waals surface area (Å²) < 4.78 is 11.3. The smallest absolute Gasteiger partial charge is 0.319 e. The number of urea groups is 1. The minimum Gasteiger partial charge on any atom is -0.503 e. The number of aryl methyl sites for hydroxylation is 1. The molecule has 0 fully saturated rings. The lowest BCUT2D eigenvalue weighted by Gasteiger charge is -2.19. The fraction of sp³-hybridized carbons (Fsp3) is 0.270. The Bertz CT molecular complexity index is 2550. The summed E-state index contributed by atoms with van der Waals surface area (Å²) in [6.07, 6.45) is 1.33. The second-order valence-electron chi connectivity index (χ2n) is 13.5. The van der Waals surface area contributed by atoms with Crippen molar-refractivity contribution in [3.8, 4) is 17.2 Å². The fourth-order valence-corrected chi connectivity index (χ4v) is 8.79. The van der Waals surface area contributed by atoms with Crippen LogP contribution in [0.3, 0.4) is 0 Å². The van der Waals surface area contributed by atoms with Gasteiger partial charge in [0.15, 0.2) is 11.5 Å². The van der Waals surface area contributed by atoms with Crippen LogP contribution in [0.1, 0.15) is 55.3 Å². The fourth-order valence-electron chi connectivity index (χ4n) is 8.54. The number of phenols is 1. The summed E-state index contributed by atoms with van der Waals surface area (Å²) in [6.45, 7) is 2.66. The summed E-state index contributed by atoms with van der Waals surface area (Å²) in [7, 11) is 2.88. The number of fused-ring (bicyclic) bond motifs is 9. The highest BCUT2D eigenvalue weighted by Gasteiger charge is 2.39. The molecule has 6 heterocycles. The standard InChI is InChI=1S/C37H34ClN7O7/c1-15-12-40-20-4-5-23-28(27(15)20)16(11-38)13-44(23)36(49)21-8-18-17-6-7-43(32(17)33(47)34(52-3)31(18)42-21)35(48)22-9-19-29-24(10-26(51-2)30(19)41-22)45(37(39)50)14-25(29)46/h4-5,8-10,12,16,25,40-42,46-47H,6-7,11,13-14H2,1-3H3,(H2,39,50)/t16?,25-/m1/s1. The van der Waals surface area contributed by atoms with Crippen LogP contribution in [0.25, 0.3) is 32.7 Å². The Labute approximate surface area is 300 Å². The van der Waals surface area contributed by atoms with Crippen LogP contribution in [-0.2, 0) is 6.42 Å². The van der Waals surface area contributed by atoms with E-state index < -0.39 is 18.0 Å². The minimum absolute atomic E-state index is 0.0280. The topological polar surface area (TPSA) is 193 Å². The number of aromatic amines is 3. The first kappa shape index (κ1) is 32.1. The average molecular weight is 724 g/mol. The zero-order valence-corrected chi connectivity index (χ0v) is 29.1. The highest BCUT2D eigenvalue weighted by Crippen LogP contribution is 2.51. The number of aromatic hydroxyl groups is 1. The Kier molecular flexibility index (Phi) is 6.98. The molecule has 0 saturated carbocycles. The van der Waals surface area contributed by atoms with E-state index in [9.17, 15) is 24.6 Å². The third kappa shape index (κ3) is 4.24. The molecule has 3 aromatic carbocycles. The summed E-state index contributed by atoms with van der Waals surface area (Å²) in [4.78, 5) is 54.7. The number of halogens is 1. The predicted octanol–water partition coefficient (Wildman–Crippen LogP) is 5.28. The van der Waals surface area contributed by atoms with E-state index in [4.69, 9.17) is 26.8 Å². The predicted molar refractivity (Wildman–Crippen MR) is 197 cm³/mol.